The number of rotatable bonds is 7. The van der Waals surface area contributed by atoms with Crippen molar-refractivity contribution in [1.29, 1.82) is 0 Å². The van der Waals surface area contributed by atoms with Crippen molar-refractivity contribution >= 4 is 33.1 Å². The molecule has 0 aliphatic rings. The second-order valence-electron chi connectivity index (χ2n) is 9.46. The Bertz CT molecular complexity index is 1300. The molecular formula is C28H30BrN3O2. The quantitative estimate of drug-likeness (QED) is 0.242. The van der Waals surface area contributed by atoms with Crippen LogP contribution < -0.4 is 0 Å². The largest absolute Gasteiger partial charge is 0.456 e. The Hall–Kier alpha value is -2.99. The first-order chi connectivity index (χ1) is 16.2. The highest BCUT2D eigenvalue weighted by molar-refractivity contribution is 9.10. The summed E-state index contributed by atoms with van der Waals surface area (Å²) in [6.07, 6.45) is 4.95. The Kier molecular flexibility index (Phi) is 7.17. The minimum Gasteiger partial charge on any atom is -0.456 e. The lowest BCUT2D eigenvalue weighted by atomic mass is 9.98. The summed E-state index contributed by atoms with van der Waals surface area (Å²) >= 11 is 3.50. The molecule has 176 valence electrons. The van der Waals surface area contributed by atoms with E-state index in [1.807, 2.05) is 57.3 Å². The van der Waals surface area contributed by atoms with Crippen LogP contribution in [0.5, 0.6) is 0 Å². The molecule has 0 aliphatic carbocycles. The van der Waals surface area contributed by atoms with E-state index < -0.39 is 5.60 Å². The summed E-state index contributed by atoms with van der Waals surface area (Å²) in [5.41, 5.74) is 4.83. The number of aromatic nitrogens is 3. The predicted octanol–water partition coefficient (Wildman–Crippen LogP) is 7.21. The van der Waals surface area contributed by atoms with Crippen molar-refractivity contribution in [3.63, 3.8) is 0 Å². The molecule has 0 amide bonds. The Morgan fingerprint density at radius 1 is 1.09 bits per heavy atom. The number of imidazole rings is 1. The monoisotopic (exact) mass is 519 g/mol. The first kappa shape index (κ1) is 24.1. The van der Waals surface area contributed by atoms with Gasteiger partial charge in [-0.15, -0.1) is 0 Å². The van der Waals surface area contributed by atoms with Gasteiger partial charge in [0.15, 0.2) is 5.65 Å². The van der Waals surface area contributed by atoms with Crippen LogP contribution in [0, 0.1) is 0 Å². The lowest BCUT2D eigenvalue weighted by molar-refractivity contribution is 0.00704. The second kappa shape index (κ2) is 10.1. The van der Waals surface area contributed by atoms with E-state index in [1.54, 1.807) is 0 Å². The minimum atomic E-state index is -0.541. The topological polar surface area (TPSA) is 57.0 Å². The van der Waals surface area contributed by atoms with Crippen LogP contribution in [0.2, 0.25) is 0 Å². The number of benzene rings is 2. The van der Waals surface area contributed by atoms with Gasteiger partial charge in [-0.05, 0) is 71.9 Å². The summed E-state index contributed by atoms with van der Waals surface area (Å²) < 4.78 is 8.75. The van der Waals surface area contributed by atoms with E-state index in [9.17, 15) is 4.79 Å². The Balaban J connectivity index is 1.63. The molecule has 0 saturated heterocycles. The molecule has 34 heavy (non-hydrogen) atoms. The van der Waals surface area contributed by atoms with Gasteiger partial charge in [0.2, 0.25) is 0 Å². The molecule has 0 N–H and O–H groups in total. The molecular weight excluding hydrogens is 490 g/mol. The Morgan fingerprint density at radius 3 is 2.53 bits per heavy atom. The number of nitrogens with zero attached hydrogens (tertiary/aromatic N) is 3. The van der Waals surface area contributed by atoms with E-state index in [0.29, 0.717) is 12.1 Å². The van der Waals surface area contributed by atoms with Gasteiger partial charge in [-0.2, -0.15) is 0 Å². The molecule has 2 heterocycles. The minimum absolute atomic E-state index is 0.310. The van der Waals surface area contributed by atoms with Gasteiger partial charge in [-0.25, -0.2) is 14.8 Å². The third-order valence-electron chi connectivity index (χ3n) is 5.54. The van der Waals surface area contributed by atoms with Crippen molar-refractivity contribution in [1.82, 2.24) is 14.5 Å². The number of aryl methyl sites for hydroxylation is 1. The van der Waals surface area contributed by atoms with Gasteiger partial charge < -0.3 is 9.30 Å². The van der Waals surface area contributed by atoms with Gasteiger partial charge in [-0.1, -0.05) is 55.8 Å². The number of esters is 1. The fourth-order valence-corrected chi connectivity index (χ4v) is 4.26. The SMILES string of the molecule is CCCCc1nc2cc(Br)cnc2n1Cc1ccc(-c2ccccc2C(=O)OC(C)(C)C)cc1. The summed E-state index contributed by atoms with van der Waals surface area (Å²) in [6, 6.07) is 17.9. The number of hydrogen-bond donors (Lipinski definition) is 0. The van der Waals surface area contributed by atoms with Crippen molar-refractivity contribution in [2.75, 3.05) is 0 Å². The van der Waals surface area contributed by atoms with E-state index in [0.717, 1.165) is 57.4 Å². The van der Waals surface area contributed by atoms with Crippen LogP contribution in [-0.2, 0) is 17.7 Å². The number of carbonyl (C=O) groups excluding carboxylic acids is 1. The summed E-state index contributed by atoms with van der Waals surface area (Å²) in [5, 5.41) is 0. The maximum Gasteiger partial charge on any atom is 0.339 e. The molecule has 0 fully saturated rings. The lowest BCUT2D eigenvalue weighted by Gasteiger charge is -2.20. The van der Waals surface area contributed by atoms with E-state index in [2.05, 4.69) is 56.7 Å². The summed E-state index contributed by atoms with van der Waals surface area (Å²) in [6.45, 7) is 8.52. The van der Waals surface area contributed by atoms with Crippen LogP contribution in [0.1, 0.15) is 62.3 Å². The molecule has 0 spiro atoms. The van der Waals surface area contributed by atoms with Crippen LogP contribution in [0.3, 0.4) is 0 Å². The number of pyridine rings is 1. The van der Waals surface area contributed by atoms with E-state index in [-0.39, 0.29) is 5.97 Å². The maximum atomic E-state index is 12.8. The number of ether oxygens (including phenoxy) is 1. The van der Waals surface area contributed by atoms with Gasteiger partial charge in [0.1, 0.15) is 16.9 Å². The number of halogens is 1. The van der Waals surface area contributed by atoms with Crippen LogP contribution in [0.4, 0.5) is 0 Å². The maximum absolute atomic E-state index is 12.8. The van der Waals surface area contributed by atoms with Crippen LogP contribution in [-0.4, -0.2) is 26.1 Å². The average molecular weight is 520 g/mol. The standard InChI is InChI=1S/C28H30BrN3O2/c1-5-6-11-25-31-24-16-21(29)17-30-26(24)32(25)18-19-12-14-20(15-13-19)22-9-7-8-10-23(22)27(33)34-28(2,3)4/h7-10,12-17H,5-6,11,18H2,1-4H3. The van der Waals surface area contributed by atoms with Crippen molar-refractivity contribution in [3.05, 3.63) is 82.2 Å². The lowest BCUT2D eigenvalue weighted by Crippen LogP contribution is -2.24. The number of carbonyl (C=O) groups is 1. The molecule has 2 aromatic carbocycles. The highest BCUT2D eigenvalue weighted by Crippen LogP contribution is 2.27. The molecule has 4 aromatic rings. The zero-order valence-corrected chi connectivity index (χ0v) is 21.7. The normalized spacial score (nSPS) is 11.7. The fourth-order valence-electron chi connectivity index (χ4n) is 3.94. The van der Waals surface area contributed by atoms with Gasteiger partial charge in [0.25, 0.3) is 0 Å². The molecule has 0 bridgehead atoms. The van der Waals surface area contributed by atoms with Crippen LogP contribution in [0.25, 0.3) is 22.3 Å². The highest BCUT2D eigenvalue weighted by Gasteiger charge is 2.20. The Morgan fingerprint density at radius 2 is 1.82 bits per heavy atom. The first-order valence-electron chi connectivity index (χ1n) is 11.7. The van der Waals surface area contributed by atoms with E-state index in [4.69, 9.17) is 9.72 Å². The summed E-state index contributed by atoms with van der Waals surface area (Å²) in [5.74, 6) is 0.747. The number of hydrogen-bond acceptors (Lipinski definition) is 4. The predicted molar refractivity (Wildman–Crippen MR) is 140 cm³/mol. The van der Waals surface area contributed by atoms with Crippen molar-refractivity contribution in [3.8, 4) is 11.1 Å². The molecule has 6 heteroatoms. The van der Waals surface area contributed by atoms with Gasteiger partial charge in [0.05, 0.1) is 12.1 Å². The van der Waals surface area contributed by atoms with Crippen LogP contribution in [0.15, 0.2) is 65.3 Å². The third-order valence-corrected chi connectivity index (χ3v) is 5.97. The van der Waals surface area contributed by atoms with E-state index in [1.165, 1.54) is 0 Å². The Labute approximate surface area is 209 Å². The molecule has 0 atom stereocenters. The summed E-state index contributed by atoms with van der Waals surface area (Å²) in [4.78, 5) is 22.2. The zero-order valence-electron chi connectivity index (χ0n) is 20.1. The van der Waals surface area contributed by atoms with E-state index >= 15 is 0 Å². The smallest absolute Gasteiger partial charge is 0.339 e. The summed E-state index contributed by atoms with van der Waals surface area (Å²) in [7, 11) is 0. The molecule has 2 aromatic heterocycles. The van der Waals surface area contributed by atoms with Crippen molar-refractivity contribution in [2.24, 2.45) is 0 Å². The number of unbranched alkanes of at least 4 members (excludes halogenated alkanes) is 1. The zero-order chi connectivity index (χ0) is 24.3. The van der Waals surface area contributed by atoms with Gasteiger partial charge in [0, 0.05) is 17.1 Å². The molecule has 5 nitrogen and oxygen atoms in total. The molecule has 4 rings (SSSR count). The molecule has 0 saturated carbocycles. The van der Waals surface area contributed by atoms with Gasteiger partial charge in [-0.3, -0.25) is 0 Å². The van der Waals surface area contributed by atoms with Crippen molar-refractivity contribution < 1.29 is 9.53 Å². The van der Waals surface area contributed by atoms with Crippen LogP contribution >= 0.6 is 15.9 Å². The van der Waals surface area contributed by atoms with Gasteiger partial charge >= 0.3 is 5.97 Å². The first-order valence-corrected chi connectivity index (χ1v) is 12.5. The third kappa shape index (κ3) is 5.55. The average Bonchev–Trinajstić information content (AvgIpc) is 3.13. The molecule has 0 radical (unpaired) electrons. The molecule has 0 unspecified atom stereocenters. The fraction of sp³-hybridized carbons (Fsp3) is 0.321. The van der Waals surface area contributed by atoms with Crippen molar-refractivity contribution in [2.45, 2.75) is 59.1 Å². The second-order valence-corrected chi connectivity index (χ2v) is 10.4. The highest BCUT2D eigenvalue weighted by atomic mass is 79.9. The number of fused-ring (bicyclic) bond motifs is 1. The molecule has 0 aliphatic heterocycles.